The molecule has 1 fully saturated rings. The van der Waals surface area contributed by atoms with Crippen LogP contribution in [-0.2, 0) is 15.3 Å². The SMILES string of the molecule is Cc1ccc(C(O)=C2C(=O)C(=O)N(c3nnc(SCc4ccc(Cl)cc4)s3)C2c2cccc(Oc3ccccc3)c2)cc1F. The van der Waals surface area contributed by atoms with Crippen LogP contribution in [0.3, 0.4) is 0 Å². The van der Waals surface area contributed by atoms with Crippen LogP contribution >= 0.6 is 34.7 Å². The summed E-state index contributed by atoms with van der Waals surface area (Å²) in [6.45, 7) is 1.59. The number of rotatable bonds is 8. The van der Waals surface area contributed by atoms with Gasteiger partial charge in [-0.05, 0) is 66.1 Å². The number of aromatic nitrogens is 2. The second-order valence-corrected chi connectivity index (χ2v) is 12.5. The highest BCUT2D eigenvalue weighted by atomic mass is 35.5. The van der Waals surface area contributed by atoms with Gasteiger partial charge in [0.15, 0.2) is 4.34 Å². The smallest absolute Gasteiger partial charge is 0.301 e. The van der Waals surface area contributed by atoms with Gasteiger partial charge in [-0.3, -0.25) is 14.5 Å². The summed E-state index contributed by atoms with van der Waals surface area (Å²) in [5.74, 6) is -1.21. The molecule has 1 aromatic heterocycles. The minimum Gasteiger partial charge on any atom is -0.507 e. The number of hydrogen-bond donors (Lipinski definition) is 1. The third-order valence-electron chi connectivity index (χ3n) is 6.92. The van der Waals surface area contributed by atoms with E-state index in [4.69, 9.17) is 16.3 Å². The first kappa shape index (κ1) is 29.6. The van der Waals surface area contributed by atoms with Gasteiger partial charge in [-0.25, -0.2) is 4.39 Å². The first-order valence-electron chi connectivity index (χ1n) is 13.4. The Kier molecular flexibility index (Phi) is 8.47. The predicted molar refractivity (Wildman–Crippen MR) is 170 cm³/mol. The summed E-state index contributed by atoms with van der Waals surface area (Å²) in [4.78, 5) is 28.4. The van der Waals surface area contributed by atoms with Crippen molar-refractivity contribution >= 4 is 57.3 Å². The number of halogens is 2. The van der Waals surface area contributed by atoms with Crippen molar-refractivity contribution < 1.29 is 23.8 Å². The zero-order valence-corrected chi connectivity index (χ0v) is 25.5. The lowest BCUT2D eigenvalue weighted by Gasteiger charge is -2.23. The number of ketones is 1. The van der Waals surface area contributed by atoms with E-state index < -0.39 is 29.3 Å². The molecule has 220 valence electrons. The summed E-state index contributed by atoms with van der Waals surface area (Å²) in [6.07, 6.45) is 0. The number of aryl methyl sites for hydroxylation is 1. The van der Waals surface area contributed by atoms with E-state index in [2.05, 4.69) is 10.2 Å². The Morgan fingerprint density at radius 1 is 0.977 bits per heavy atom. The molecule has 44 heavy (non-hydrogen) atoms. The maximum absolute atomic E-state index is 14.5. The van der Waals surface area contributed by atoms with Crippen LogP contribution in [0.2, 0.25) is 5.02 Å². The second-order valence-electron chi connectivity index (χ2n) is 9.89. The van der Waals surface area contributed by atoms with Crippen LogP contribution in [0.4, 0.5) is 9.52 Å². The topological polar surface area (TPSA) is 92.6 Å². The molecule has 11 heteroatoms. The van der Waals surface area contributed by atoms with Crippen molar-refractivity contribution in [1.82, 2.24) is 10.2 Å². The molecule has 1 unspecified atom stereocenters. The molecule has 0 aliphatic carbocycles. The molecule has 0 radical (unpaired) electrons. The van der Waals surface area contributed by atoms with Crippen molar-refractivity contribution in [2.45, 2.75) is 23.1 Å². The van der Waals surface area contributed by atoms with Crippen molar-refractivity contribution in [3.8, 4) is 11.5 Å². The Morgan fingerprint density at radius 2 is 1.73 bits per heavy atom. The Labute approximate surface area is 265 Å². The fourth-order valence-electron chi connectivity index (χ4n) is 4.70. The molecule has 0 spiro atoms. The van der Waals surface area contributed by atoms with Crippen molar-refractivity contribution in [1.29, 1.82) is 0 Å². The summed E-state index contributed by atoms with van der Waals surface area (Å²) >= 11 is 8.57. The lowest BCUT2D eigenvalue weighted by molar-refractivity contribution is -0.132. The summed E-state index contributed by atoms with van der Waals surface area (Å²) in [5, 5.41) is 20.7. The molecule has 6 rings (SSSR count). The van der Waals surface area contributed by atoms with Gasteiger partial charge >= 0.3 is 5.91 Å². The quantitative estimate of drug-likeness (QED) is 0.0597. The number of anilines is 1. The summed E-state index contributed by atoms with van der Waals surface area (Å²) in [7, 11) is 0. The summed E-state index contributed by atoms with van der Waals surface area (Å²) in [5.41, 5.74) is 1.77. The largest absolute Gasteiger partial charge is 0.507 e. The number of para-hydroxylation sites is 1. The van der Waals surface area contributed by atoms with Gasteiger partial charge in [0.05, 0.1) is 11.6 Å². The van der Waals surface area contributed by atoms with Gasteiger partial charge in [-0.15, -0.1) is 10.2 Å². The van der Waals surface area contributed by atoms with E-state index in [0.717, 1.165) is 23.0 Å². The molecule has 1 aliphatic rings. The van der Waals surface area contributed by atoms with Gasteiger partial charge in [0, 0.05) is 16.3 Å². The number of aliphatic hydroxyl groups excluding tert-OH is 1. The molecule has 1 aliphatic heterocycles. The fourth-order valence-corrected chi connectivity index (χ4v) is 6.65. The highest BCUT2D eigenvalue weighted by Gasteiger charge is 2.48. The molecular weight excluding hydrogens is 621 g/mol. The molecule has 4 aromatic carbocycles. The Bertz CT molecular complexity index is 1900. The van der Waals surface area contributed by atoms with Crippen LogP contribution in [0.1, 0.15) is 28.3 Å². The second kappa shape index (κ2) is 12.6. The Balaban J connectivity index is 1.40. The number of benzene rings is 4. The molecule has 2 heterocycles. The molecular formula is C33H23ClFN3O4S2. The predicted octanol–water partition coefficient (Wildman–Crippen LogP) is 8.35. The van der Waals surface area contributed by atoms with E-state index in [9.17, 15) is 19.1 Å². The van der Waals surface area contributed by atoms with Crippen LogP contribution in [0.25, 0.3) is 5.76 Å². The van der Waals surface area contributed by atoms with E-state index in [1.54, 1.807) is 55.5 Å². The molecule has 0 bridgehead atoms. The summed E-state index contributed by atoms with van der Waals surface area (Å²) in [6, 6.07) is 26.5. The Hall–Kier alpha value is -4.51. The average Bonchev–Trinajstić information content (AvgIpc) is 3.60. The molecule has 0 saturated carbocycles. The van der Waals surface area contributed by atoms with E-state index in [0.29, 0.717) is 37.7 Å². The zero-order valence-electron chi connectivity index (χ0n) is 23.1. The molecule has 1 atom stereocenters. The number of Topliss-reactive ketones (excluding diaryl/α,β-unsaturated/α-hetero) is 1. The maximum Gasteiger partial charge on any atom is 0.301 e. The van der Waals surface area contributed by atoms with E-state index in [1.807, 2.05) is 30.3 Å². The molecule has 1 amide bonds. The van der Waals surface area contributed by atoms with Crippen molar-refractivity contribution in [2.75, 3.05) is 4.90 Å². The van der Waals surface area contributed by atoms with Gasteiger partial charge in [-0.2, -0.15) is 0 Å². The minimum atomic E-state index is -1.08. The van der Waals surface area contributed by atoms with Gasteiger partial charge in [0.25, 0.3) is 5.78 Å². The molecule has 7 nitrogen and oxygen atoms in total. The number of aliphatic hydroxyl groups is 1. The zero-order chi connectivity index (χ0) is 30.8. The minimum absolute atomic E-state index is 0.0734. The van der Waals surface area contributed by atoms with Crippen molar-refractivity contribution in [3.63, 3.8) is 0 Å². The van der Waals surface area contributed by atoms with E-state index in [1.165, 1.54) is 28.8 Å². The maximum atomic E-state index is 14.5. The van der Waals surface area contributed by atoms with Crippen LogP contribution in [-0.4, -0.2) is 27.0 Å². The lowest BCUT2D eigenvalue weighted by Crippen LogP contribution is -2.29. The van der Waals surface area contributed by atoms with Crippen LogP contribution in [0.5, 0.6) is 11.5 Å². The highest BCUT2D eigenvalue weighted by molar-refractivity contribution is 8.00. The third kappa shape index (κ3) is 6.10. The molecule has 5 aromatic rings. The van der Waals surface area contributed by atoms with Gasteiger partial charge in [0.1, 0.15) is 23.1 Å². The Morgan fingerprint density at radius 3 is 2.48 bits per heavy atom. The number of thioether (sulfide) groups is 1. The monoisotopic (exact) mass is 643 g/mol. The number of carbonyl (C=O) groups excluding carboxylic acids is 2. The van der Waals surface area contributed by atoms with Gasteiger partial charge in [-0.1, -0.05) is 89.3 Å². The van der Waals surface area contributed by atoms with Crippen LogP contribution in [0.15, 0.2) is 107 Å². The number of carbonyl (C=O) groups is 2. The normalized spacial score (nSPS) is 16.0. The molecule has 1 saturated heterocycles. The van der Waals surface area contributed by atoms with Crippen LogP contribution < -0.4 is 9.64 Å². The lowest BCUT2D eigenvalue weighted by atomic mass is 9.95. The van der Waals surface area contributed by atoms with Gasteiger partial charge in [0.2, 0.25) is 5.13 Å². The first-order chi connectivity index (χ1) is 21.3. The van der Waals surface area contributed by atoms with E-state index >= 15 is 0 Å². The van der Waals surface area contributed by atoms with Crippen molar-refractivity contribution in [3.05, 3.63) is 136 Å². The summed E-state index contributed by atoms with van der Waals surface area (Å²) < 4.78 is 21.1. The standard InChI is InChI=1S/C33H23ClFN3O4S2/c1-19-10-13-22(17-26(19)35)29(39)27-28(21-6-5-9-25(16-21)42-24-7-3-2-4-8-24)38(31(41)30(27)40)32-36-37-33(44-32)43-18-20-11-14-23(34)15-12-20/h2-17,28,39H,18H2,1H3. The molecule has 1 N–H and O–H groups in total. The first-order valence-corrected chi connectivity index (χ1v) is 15.6. The number of nitrogens with zero attached hydrogens (tertiary/aromatic N) is 3. The van der Waals surface area contributed by atoms with Crippen molar-refractivity contribution in [2.24, 2.45) is 0 Å². The highest BCUT2D eigenvalue weighted by Crippen LogP contribution is 2.45. The number of amides is 1. The van der Waals surface area contributed by atoms with Gasteiger partial charge < -0.3 is 9.84 Å². The van der Waals surface area contributed by atoms with E-state index in [-0.39, 0.29) is 16.3 Å². The number of ether oxygens (including phenoxy) is 1. The average molecular weight is 644 g/mol. The fraction of sp³-hybridized carbons (Fsp3) is 0.0909. The van der Waals surface area contributed by atoms with Crippen LogP contribution in [0, 0.1) is 12.7 Å². The third-order valence-corrected chi connectivity index (χ3v) is 9.30. The number of hydrogen-bond acceptors (Lipinski definition) is 8.